The van der Waals surface area contributed by atoms with Crippen molar-refractivity contribution >= 4 is 15.9 Å². The van der Waals surface area contributed by atoms with Crippen molar-refractivity contribution in [2.75, 3.05) is 5.33 Å². The number of benzene rings is 1. The van der Waals surface area contributed by atoms with Crippen LogP contribution in [0.3, 0.4) is 0 Å². The van der Waals surface area contributed by atoms with Crippen molar-refractivity contribution in [2.24, 2.45) is 0 Å². The molecule has 0 saturated heterocycles. The molecule has 0 fully saturated rings. The predicted octanol–water partition coefficient (Wildman–Crippen LogP) is 3.58. The fourth-order valence-corrected chi connectivity index (χ4v) is 1.80. The smallest absolute Gasteiger partial charge is 0.00718 e. The van der Waals surface area contributed by atoms with E-state index in [0.29, 0.717) is 0 Å². The molecule has 0 unspecified atom stereocenters. The molecule has 1 rings (SSSR count). The van der Waals surface area contributed by atoms with Crippen LogP contribution in [-0.4, -0.2) is 5.33 Å². The van der Waals surface area contributed by atoms with Crippen molar-refractivity contribution in [1.29, 1.82) is 0 Å². The van der Waals surface area contributed by atoms with Crippen LogP contribution in [-0.2, 0) is 12.8 Å². The number of rotatable bonds is 4. The van der Waals surface area contributed by atoms with Crippen molar-refractivity contribution in [3.8, 4) is 0 Å². The minimum atomic E-state index is 1.06. The molecule has 12 heavy (non-hydrogen) atoms. The van der Waals surface area contributed by atoms with E-state index in [1.807, 2.05) is 0 Å². The van der Waals surface area contributed by atoms with Gasteiger partial charge in [0.2, 0.25) is 0 Å². The SMILES string of the molecule is CCCc1cccc(CCBr)c1. The molecule has 0 bridgehead atoms. The number of hydrogen-bond acceptors (Lipinski definition) is 0. The molecule has 66 valence electrons. The van der Waals surface area contributed by atoms with Gasteiger partial charge in [-0.2, -0.15) is 0 Å². The van der Waals surface area contributed by atoms with Crippen molar-refractivity contribution in [2.45, 2.75) is 26.2 Å². The number of hydrogen-bond donors (Lipinski definition) is 0. The van der Waals surface area contributed by atoms with Gasteiger partial charge in [0.25, 0.3) is 0 Å². The summed E-state index contributed by atoms with van der Waals surface area (Å²) in [6.45, 7) is 2.22. The zero-order valence-electron chi connectivity index (χ0n) is 7.52. The molecular weight excluding hydrogens is 212 g/mol. The molecule has 1 aromatic carbocycles. The Morgan fingerprint density at radius 2 is 1.83 bits per heavy atom. The molecule has 0 aliphatic rings. The second-order valence-corrected chi connectivity index (χ2v) is 3.80. The third kappa shape index (κ3) is 2.98. The minimum absolute atomic E-state index is 1.06. The van der Waals surface area contributed by atoms with E-state index in [2.05, 4.69) is 47.1 Å². The molecule has 0 radical (unpaired) electrons. The van der Waals surface area contributed by atoms with E-state index < -0.39 is 0 Å². The Kier molecular flexibility index (Phi) is 4.37. The number of aryl methyl sites for hydroxylation is 2. The average molecular weight is 227 g/mol. The van der Waals surface area contributed by atoms with Gasteiger partial charge in [-0.3, -0.25) is 0 Å². The van der Waals surface area contributed by atoms with E-state index in [9.17, 15) is 0 Å². The third-order valence-electron chi connectivity index (χ3n) is 1.91. The van der Waals surface area contributed by atoms with Gasteiger partial charge >= 0.3 is 0 Å². The molecule has 0 atom stereocenters. The molecule has 1 aromatic rings. The number of alkyl halides is 1. The standard InChI is InChI=1S/C11H15Br/c1-2-4-10-5-3-6-11(9-10)7-8-12/h3,5-6,9H,2,4,7-8H2,1H3. The fourth-order valence-electron chi connectivity index (χ4n) is 1.34. The normalized spacial score (nSPS) is 10.2. The highest BCUT2D eigenvalue weighted by atomic mass is 79.9. The maximum absolute atomic E-state index is 3.45. The summed E-state index contributed by atoms with van der Waals surface area (Å²) in [5.41, 5.74) is 2.91. The van der Waals surface area contributed by atoms with E-state index >= 15 is 0 Å². The van der Waals surface area contributed by atoms with E-state index in [-0.39, 0.29) is 0 Å². The molecule has 0 N–H and O–H groups in total. The first kappa shape index (κ1) is 9.79. The van der Waals surface area contributed by atoms with Gasteiger partial charge in [-0.15, -0.1) is 0 Å². The molecule has 1 heteroatoms. The number of halogens is 1. The van der Waals surface area contributed by atoms with Gasteiger partial charge in [0.15, 0.2) is 0 Å². The van der Waals surface area contributed by atoms with Crippen molar-refractivity contribution in [3.63, 3.8) is 0 Å². The van der Waals surface area contributed by atoms with Gasteiger partial charge in [0.05, 0.1) is 0 Å². The molecule has 0 nitrogen and oxygen atoms in total. The summed E-state index contributed by atoms with van der Waals surface area (Å²) >= 11 is 3.45. The lowest BCUT2D eigenvalue weighted by Gasteiger charge is -2.01. The Morgan fingerprint density at radius 3 is 2.42 bits per heavy atom. The van der Waals surface area contributed by atoms with Crippen LogP contribution in [0.4, 0.5) is 0 Å². The predicted molar refractivity (Wildman–Crippen MR) is 57.9 cm³/mol. The second kappa shape index (κ2) is 5.36. The van der Waals surface area contributed by atoms with Gasteiger partial charge in [-0.05, 0) is 24.0 Å². The van der Waals surface area contributed by atoms with Gasteiger partial charge < -0.3 is 0 Å². The Morgan fingerprint density at radius 1 is 1.17 bits per heavy atom. The summed E-state index contributed by atoms with van der Waals surface area (Å²) in [6, 6.07) is 8.87. The van der Waals surface area contributed by atoms with Crippen LogP contribution in [0, 0.1) is 0 Å². The maximum atomic E-state index is 3.45. The Labute approximate surface area is 83.1 Å². The molecule has 0 spiro atoms. The van der Waals surface area contributed by atoms with E-state index in [1.54, 1.807) is 0 Å². The third-order valence-corrected chi connectivity index (χ3v) is 2.31. The van der Waals surface area contributed by atoms with Crippen LogP contribution in [0.1, 0.15) is 24.5 Å². The van der Waals surface area contributed by atoms with Crippen LogP contribution in [0.15, 0.2) is 24.3 Å². The van der Waals surface area contributed by atoms with E-state index in [0.717, 1.165) is 11.8 Å². The highest BCUT2D eigenvalue weighted by Crippen LogP contribution is 2.08. The zero-order valence-corrected chi connectivity index (χ0v) is 9.10. The monoisotopic (exact) mass is 226 g/mol. The lowest BCUT2D eigenvalue weighted by molar-refractivity contribution is 0.918. The molecule has 0 amide bonds. The Balaban J connectivity index is 2.67. The van der Waals surface area contributed by atoms with E-state index in [4.69, 9.17) is 0 Å². The molecule has 0 aliphatic heterocycles. The highest BCUT2D eigenvalue weighted by molar-refractivity contribution is 9.09. The molecular formula is C11H15Br. The summed E-state index contributed by atoms with van der Waals surface area (Å²) in [6.07, 6.45) is 3.57. The minimum Gasteiger partial charge on any atom is -0.0924 e. The summed E-state index contributed by atoms with van der Waals surface area (Å²) in [4.78, 5) is 0. The van der Waals surface area contributed by atoms with Gasteiger partial charge in [0, 0.05) is 5.33 Å². The van der Waals surface area contributed by atoms with Gasteiger partial charge in [0.1, 0.15) is 0 Å². The lowest BCUT2D eigenvalue weighted by atomic mass is 10.1. The van der Waals surface area contributed by atoms with Crippen LogP contribution < -0.4 is 0 Å². The summed E-state index contributed by atoms with van der Waals surface area (Å²) in [7, 11) is 0. The first-order valence-corrected chi connectivity index (χ1v) is 5.62. The molecule has 0 heterocycles. The maximum Gasteiger partial charge on any atom is 0.00718 e. The van der Waals surface area contributed by atoms with Crippen LogP contribution in [0.5, 0.6) is 0 Å². The summed E-state index contributed by atoms with van der Waals surface area (Å²) in [5, 5.41) is 1.06. The van der Waals surface area contributed by atoms with Gasteiger partial charge in [-0.1, -0.05) is 53.5 Å². The van der Waals surface area contributed by atoms with E-state index in [1.165, 1.54) is 24.0 Å². The van der Waals surface area contributed by atoms with Crippen molar-refractivity contribution in [1.82, 2.24) is 0 Å². The van der Waals surface area contributed by atoms with Crippen LogP contribution >= 0.6 is 15.9 Å². The zero-order chi connectivity index (χ0) is 8.81. The average Bonchev–Trinajstić information content (AvgIpc) is 2.06. The first-order valence-electron chi connectivity index (χ1n) is 4.50. The molecule has 0 aliphatic carbocycles. The molecule has 0 saturated carbocycles. The highest BCUT2D eigenvalue weighted by Gasteiger charge is 1.93. The van der Waals surface area contributed by atoms with Crippen LogP contribution in [0.25, 0.3) is 0 Å². The van der Waals surface area contributed by atoms with Gasteiger partial charge in [-0.25, -0.2) is 0 Å². The topological polar surface area (TPSA) is 0 Å². The Hall–Kier alpha value is -0.300. The largest absolute Gasteiger partial charge is 0.0924 e. The second-order valence-electron chi connectivity index (χ2n) is 3.01. The first-order chi connectivity index (χ1) is 5.86. The quantitative estimate of drug-likeness (QED) is 0.689. The summed E-state index contributed by atoms with van der Waals surface area (Å²) in [5.74, 6) is 0. The fraction of sp³-hybridized carbons (Fsp3) is 0.455. The summed E-state index contributed by atoms with van der Waals surface area (Å²) < 4.78 is 0. The lowest BCUT2D eigenvalue weighted by Crippen LogP contribution is -1.88. The van der Waals surface area contributed by atoms with Crippen LogP contribution in [0.2, 0.25) is 0 Å². The molecule has 0 aromatic heterocycles. The Bertz CT molecular complexity index is 209. The van der Waals surface area contributed by atoms with Crippen molar-refractivity contribution < 1.29 is 0 Å². The van der Waals surface area contributed by atoms with Crippen molar-refractivity contribution in [3.05, 3.63) is 35.4 Å².